The summed E-state index contributed by atoms with van der Waals surface area (Å²) in [6.45, 7) is 10.3. The molecule has 0 aliphatic heterocycles. The van der Waals surface area contributed by atoms with E-state index in [0.29, 0.717) is 30.5 Å². The summed E-state index contributed by atoms with van der Waals surface area (Å²) < 4.78 is 15.2. The van der Waals surface area contributed by atoms with Crippen LogP contribution in [0.3, 0.4) is 0 Å². The van der Waals surface area contributed by atoms with Gasteiger partial charge in [0.15, 0.2) is 5.82 Å². The maximum atomic E-state index is 6.51. The molecular formula is C32H43N7O2. The molecule has 0 amide bonds. The monoisotopic (exact) mass is 557 g/mol. The minimum absolute atomic E-state index is 0.0199. The molecule has 218 valence electrons. The van der Waals surface area contributed by atoms with Gasteiger partial charge >= 0.3 is 0 Å². The van der Waals surface area contributed by atoms with Crippen LogP contribution in [0.1, 0.15) is 103 Å². The van der Waals surface area contributed by atoms with Crippen LogP contribution in [0.25, 0.3) is 22.5 Å². The van der Waals surface area contributed by atoms with Gasteiger partial charge in [-0.3, -0.25) is 0 Å². The normalized spacial score (nSPS) is 14.8. The Balaban J connectivity index is 1.49. The molecule has 41 heavy (non-hydrogen) atoms. The predicted octanol–water partition coefficient (Wildman–Crippen LogP) is 7.02. The van der Waals surface area contributed by atoms with E-state index in [-0.39, 0.29) is 12.2 Å². The molecule has 2 heterocycles. The molecule has 1 saturated carbocycles. The lowest BCUT2D eigenvalue weighted by Gasteiger charge is -2.34. The molecule has 2 aromatic carbocycles. The number of aromatic amines is 1. The third-order valence-electron chi connectivity index (χ3n) is 7.55. The number of hydrogen-bond donors (Lipinski definition) is 1. The molecule has 1 N–H and O–H groups in total. The highest BCUT2D eigenvalue weighted by Gasteiger charge is 2.41. The Hall–Kier alpha value is -3.43. The Labute approximate surface area is 243 Å². The first-order valence-corrected chi connectivity index (χ1v) is 15.1. The SMILES string of the molecule is CCCC(OC(C)C)(OC(C)C)c1nc(Cc2ccc(-c3ccccc3-c3nnn[nH]3)cc2)n(C2CCCCC2)n1. The smallest absolute Gasteiger partial charge is 0.232 e. The Bertz CT molecular complexity index is 1360. The molecule has 0 saturated heterocycles. The van der Waals surface area contributed by atoms with Gasteiger partial charge in [-0.1, -0.05) is 81.1 Å². The van der Waals surface area contributed by atoms with Crippen molar-refractivity contribution in [2.75, 3.05) is 0 Å². The van der Waals surface area contributed by atoms with Crippen molar-refractivity contribution < 1.29 is 9.47 Å². The fraction of sp³-hybridized carbons (Fsp3) is 0.531. The van der Waals surface area contributed by atoms with Crippen LogP contribution in [0.15, 0.2) is 48.5 Å². The maximum absolute atomic E-state index is 6.51. The fourth-order valence-electron chi connectivity index (χ4n) is 5.91. The Kier molecular flexibility index (Phi) is 9.25. The highest BCUT2D eigenvalue weighted by molar-refractivity contribution is 5.80. The third-order valence-corrected chi connectivity index (χ3v) is 7.55. The third kappa shape index (κ3) is 6.73. The van der Waals surface area contributed by atoms with Crippen LogP contribution in [0.5, 0.6) is 0 Å². The Morgan fingerprint density at radius 2 is 1.61 bits per heavy atom. The molecule has 0 unspecified atom stereocenters. The zero-order chi connectivity index (χ0) is 28.8. The van der Waals surface area contributed by atoms with Gasteiger partial charge in [0, 0.05) is 18.4 Å². The molecule has 1 aliphatic rings. The average Bonchev–Trinajstić information content (AvgIpc) is 3.65. The first-order valence-electron chi connectivity index (χ1n) is 15.1. The molecular weight excluding hydrogens is 514 g/mol. The highest BCUT2D eigenvalue weighted by atomic mass is 16.7. The van der Waals surface area contributed by atoms with Crippen molar-refractivity contribution in [1.29, 1.82) is 0 Å². The number of nitrogens with one attached hydrogen (secondary N) is 1. The van der Waals surface area contributed by atoms with E-state index in [1.165, 1.54) is 24.8 Å². The van der Waals surface area contributed by atoms with Gasteiger partial charge in [-0.25, -0.2) is 14.8 Å². The Morgan fingerprint density at radius 1 is 0.927 bits per heavy atom. The van der Waals surface area contributed by atoms with Gasteiger partial charge in [0.2, 0.25) is 11.6 Å². The number of nitrogens with zero attached hydrogens (tertiary/aromatic N) is 6. The van der Waals surface area contributed by atoms with E-state index in [1.807, 2.05) is 45.9 Å². The second kappa shape index (κ2) is 13.0. The van der Waals surface area contributed by atoms with Gasteiger partial charge in [-0.15, -0.1) is 10.2 Å². The zero-order valence-corrected chi connectivity index (χ0v) is 25.0. The van der Waals surface area contributed by atoms with E-state index in [1.54, 1.807) is 0 Å². The first-order chi connectivity index (χ1) is 19.9. The van der Waals surface area contributed by atoms with E-state index in [9.17, 15) is 0 Å². The van der Waals surface area contributed by atoms with E-state index >= 15 is 0 Å². The highest BCUT2D eigenvalue weighted by Crippen LogP contribution is 2.36. The molecule has 4 aromatic rings. The summed E-state index contributed by atoms with van der Waals surface area (Å²) in [6, 6.07) is 17.2. The second-order valence-electron chi connectivity index (χ2n) is 11.6. The van der Waals surface area contributed by atoms with E-state index < -0.39 is 5.79 Å². The van der Waals surface area contributed by atoms with Gasteiger partial charge in [-0.2, -0.15) is 0 Å². The summed E-state index contributed by atoms with van der Waals surface area (Å²) in [7, 11) is 0. The standard InChI is InChI=1S/C32H43N7O2/c1-6-20-32(40-22(2)3,41-23(4)5)31-33-29(39(36-31)26-12-8-7-9-13-26)21-24-16-18-25(19-17-24)27-14-10-11-15-28(27)30-34-37-38-35-30/h10-11,14-19,22-23,26H,6-9,12-13,20-21H2,1-5H3,(H,34,35,37,38). The van der Waals surface area contributed by atoms with Gasteiger partial charge in [-0.05, 0) is 67.7 Å². The number of hydrogen-bond acceptors (Lipinski definition) is 7. The summed E-state index contributed by atoms with van der Waals surface area (Å²) in [4.78, 5) is 5.18. The number of aromatic nitrogens is 7. The fourth-order valence-corrected chi connectivity index (χ4v) is 5.91. The summed E-state index contributed by atoms with van der Waals surface area (Å²) in [5, 5.41) is 19.7. The van der Waals surface area contributed by atoms with Crippen molar-refractivity contribution in [3.8, 4) is 22.5 Å². The second-order valence-corrected chi connectivity index (χ2v) is 11.6. The number of rotatable bonds is 12. The molecule has 2 aromatic heterocycles. The average molecular weight is 558 g/mol. The number of H-pyrrole nitrogens is 1. The molecule has 1 fully saturated rings. The van der Waals surface area contributed by atoms with Crippen LogP contribution < -0.4 is 0 Å². The van der Waals surface area contributed by atoms with Crippen molar-refractivity contribution in [3.63, 3.8) is 0 Å². The lowest BCUT2D eigenvalue weighted by molar-refractivity contribution is -0.286. The van der Waals surface area contributed by atoms with Crippen molar-refractivity contribution in [1.82, 2.24) is 35.4 Å². The largest absolute Gasteiger partial charge is 0.341 e. The predicted molar refractivity (Wildman–Crippen MR) is 159 cm³/mol. The van der Waals surface area contributed by atoms with Gasteiger partial charge in [0.05, 0.1) is 18.2 Å². The van der Waals surface area contributed by atoms with Crippen molar-refractivity contribution in [2.45, 2.75) is 110 Å². The molecule has 0 bridgehead atoms. The maximum Gasteiger partial charge on any atom is 0.232 e. The van der Waals surface area contributed by atoms with Crippen molar-refractivity contribution in [2.24, 2.45) is 0 Å². The minimum Gasteiger partial charge on any atom is -0.341 e. The number of benzene rings is 2. The van der Waals surface area contributed by atoms with Crippen LogP contribution in [0.4, 0.5) is 0 Å². The summed E-state index contributed by atoms with van der Waals surface area (Å²) in [6.07, 6.45) is 8.22. The van der Waals surface area contributed by atoms with E-state index in [2.05, 4.69) is 62.6 Å². The van der Waals surface area contributed by atoms with Crippen LogP contribution >= 0.6 is 0 Å². The molecule has 0 spiro atoms. The van der Waals surface area contributed by atoms with E-state index in [0.717, 1.165) is 41.8 Å². The van der Waals surface area contributed by atoms with Gasteiger partial charge in [0.1, 0.15) is 5.82 Å². The molecule has 0 atom stereocenters. The lowest BCUT2D eigenvalue weighted by atomic mass is 9.95. The van der Waals surface area contributed by atoms with Crippen LogP contribution in [0, 0.1) is 0 Å². The summed E-state index contributed by atoms with van der Waals surface area (Å²) in [5.74, 6) is 1.30. The topological polar surface area (TPSA) is 104 Å². The van der Waals surface area contributed by atoms with Crippen LogP contribution in [-0.2, 0) is 21.7 Å². The van der Waals surface area contributed by atoms with Gasteiger partial charge < -0.3 is 9.47 Å². The van der Waals surface area contributed by atoms with Crippen molar-refractivity contribution >= 4 is 0 Å². The molecule has 9 nitrogen and oxygen atoms in total. The first kappa shape index (κ1) is 29.1. The Morgan fingerprint density at radius 3 is 2.22 bits per heavy atom. The molecule has 5 rings (SSSR count). The van der Waals surface area contributed by atoms with E-state index in [4.69, 9.17) is 19.6 Å². The molecule has 1 aliphatic carbocycles. The van der Waals surface area contributed by atoms with Crippen LogP contribution in [-0.4, -0.2) is 47.6 Å². The minimum atomic E-state index is -0.963. The number of tetrazole rings is 1. The number of ether oxygens (including phenoxy) is 2. The van der Waals surface area contributed by atoms with Gasteiger partial charge in [0.25, 0.3) is 0 Å². The van der Waals surface area contributed by atoms with Crippen LogP contribution in [0.2, 0.25) is 0 Å². The molecule has 0 radical (unpaired) electrons. The molecule has 9 heteroatoms. The van der Waals surface area contributed by atoms with Crippen molar-refractivity contribution in [3.05, 3.63) is 65.7 Å². The summed E-state index contributed by atoms with van der Waals surface area (Å²) in [5.41, 5.74) is 4.33. The zero-order valence-electron chi connectivity index (χ0n) is 25.0. The summed E-state index contributed by atoms with van der Waals surface area (Å²) >= 11 is 0. The lowest BCUT2D eigenvalue weighted by Crippen LogP contribution is -2.39. The quantitative estimate of drug-likeness (QED) is 0.187.